The van der Waals surface area contributed by atoms with E-state index in [0.29, 0.717) is 12.5 Å². The Morgan fingerprint density at radius 3 is 2.59 bits per heavy atom. The highest BCUT2D eigenvalue weighted by Gasteiger charge is 2.30. The molecule has 22 heavy (non-hydrogen) atoms. The van der Waals surface area contributed by atoms with Crippen molar-refractivity contribution in [1.82, 2.24) is 4.90 Å². The molecule has 2 atom stereocenters. The molecule has 1 fully saturated rings. The van der Waals surface area contributed by atoms with Gasteiger partial charge in [0.2, 0.25) is 0 Å². The third-order valence-corrected chi connectivity index (χ3v) is 4.38. The second-order valence-corrected chi connectivity index (χ2v) is 6.13. The van der Waals surface area contributed by atoms with Crippen LogP contribution in [0.3, 0.4) is 0 Å². The average Bonchev–Trinajstić information content (AvgIpc) is 2.89. The number of rotatable bonds is 5. The van der Waals surface area contributed by atoms with Crippen LogP contribution in [0.5, 0.6) is 0 Å². The lowest BCUT2D eigenvalue weighted by Gasteiger charge is -2.16. The van der Waals surface area contributed by atoms with Gasteiger partial charge in [0.05, 0.1) is 6.61 Å². The van der Waals surface area contributed by atoms with E-state index in [1.807, 2.05) is 0 Å². The van der Waals surface area contributed by atoms with Gasteiger partial charge in [-0.1, -0.05) is 54.6 Å². The lowest BCUT2D eigenvalue weighted by molar-refractivity contribution is 0.184. The van der Waals surface area contributed by atoms with Crippen LogP contribution in [0.1, 0.15) is 22.6 Å². The van der Waals surface area contributed by atoms with Crippen LogP contribution in [0.25, 0.3) is 0 Å². The fourth-order valence-corrected chi connectivity index (χ4v) is 3.34. The topological polar surface area (TPSA) is 38.5 Å². The van der Waals surface area contributed by atoms with E-state index in [9.17, 15) is 0 Å². The Kier molecular flexibility index (Phi) is 4.88. The number of likely N-dealkylation sites (tertiary alicyclic amines) is 1. The van der Waals surface area contributed by atoms with Crippen molar-refractivity contribution in [2.75, 3.05) is 20.2 Å². The number of nitrogens with two attached hydrogens (primary N) is 1. The molecule has 0 aliphatic carbocycles. The fraction of sp³-hybridized carbons (Fsp3) is 0.368. The summed E-state index contributed by atoms with van der Waals surface area (Å²) in [6.07, 6.45) is 0. The third kappa shape index (κ3) is 3.55. The van der Waals surface area contributed by atoms with Crippen LogP contribution >= 0.6 is 0 Å². The molecule has 0 radical (unpaired) electrons. The van der Waals surface area contributed by atoms with E-state index in [-0.39, 0.29) is 6.04 Å². The van der Waals surface area contributed by atoms with Crippen molar-refractivity contribution < 1.29 is 4.74 Å². The highest BCUT2D eigenvalue weighted by atomic mass is 16.5. The number of benzene rings is 2. The molecule has 2 aromatic rings. The summed E-state index contributed by atoms with van der Waals surface area (Å²) >= 11 is 0. The standard InChI is InChI=1S/C19H24N2O/c1-22-14-16-7-5-6-15(10-16)11-21-12-18(19(20)13-21)17-8-3-2-4-9-17/h2-10,18-19H,11-14,20H2,1H3/t18-,19+/m0/s1. The van der Waals surface area contributed by atoms with Gasteiger partial charge in [-0.15, -0.1) is 0 Å². The molecule has 0 amide bonds. The van der Waals surface area contributed by atoms with Crippen LogP contribution in [0.4, 0.5) is 0 Å². The van der Waals surface area contributed by atoms with E-state index >= 15 is 0 Å². The highest BCUT2D eigenvalue weighted by molar-refractivity contribution is 5.25. The van der Waals surface area contributed by atoms with Crippen molar-refractivity contribution >= 4 is 0 Å². The molecule has 3 heteroatoms. The fourth-order valence-electron chi connectivity index (χ4n) is 3.34. The minimum absolute atomic E-state index is 0.213. The molecular weight excluding hydrogens is 272 g/mol. The zero-order valence-corrected chi connectivity index (χ0v) is 13.1. The third-order valence-electron chi connectivity index (χ3n) is 4.38. The number of hydrogen-bond acceptors (Lipinski definition) is 3. The number of methoxy groups -OCH3 is 1. The van der Waals surface area contributed by atoms with Gasteiger partial charge in [-0.25, -0.2) is 0 Å². The normalized spacial score (nSPS) is 22.1. The first-order chi connectivity index (χ1) is 10.8. The van der Waals surface area contributed by atoms with Gasteiger partial charge in [0.1, 0.15) is 0 Å². The first kappa shape index (κ1) is 15.2. The maximum Gasteiger partial charge on any atom is 0.0713 e. The van der Waals surface area contributed by atoms with Crippen LogP contribution in [-0.2, 0) is 17.9 Å². The summed E-state index contributed by atoms with van der Waals surface area (Å²) in [5.41, 5.74) is 10.3. The van der Waals surface area contributed by atoms with Crippen molar-refractivity contribution in [2.45, 2.75) is 25.1 Å². The summed E-state index contributed by atoms with van der Waals surface area (Å²) in [5.74, 6) is 0.434. The van der Waals surface area contributed by atoms with Crippen molar-refractivity contribution in [1.29, 1.82) is 0 Å². The van der Waals surface area contributed by atoms with Crippen LogP contribution in [0.2, 0.25) is 0 Å². The SMILES string of the molecule is COCc1cccc(CN2C[C@@H](N)[C@H](c3ccccc3)C2)c1. The molecular formula is C19H24N2O. The van der Waals surface area contributed by atoms with Crippen LogP contribution < -0.4 is 5.73 Å². The molecule has 3 rings (SSSR count). The molecule has 0 aromatic heterocycles. The van der Waals surface area contributed by atoms with Gasteiger partial charge in [-0.2, -0.15) is 0 Å². The van der Waals surface area contributed by atoms with E-state index < -0.39 is 0 Å². The quantitative estimate of drug-likeness (QED) is 0.922. The monoisotopic (exact) mass is 296 g/mol. The average molecular weight is 296 g/mol. The maximum atomic E-state index is 6.37. The van der Waals surface area contributed by atoms with Gasteiger partial charge in [0.25, 0.3) is 0 Å². The molecule has 0 bridgehead atoms. The van der Waals surface area contributed by atoms with Crippen LogP contribution in [0.15, 0.2) is 54.6 Å². The Morgan fingerprint density at radius 1 is 1.05 bits per heavy atom. The molecule has 3 nitrogen and oxygen atoms in total. The Hall–Kier alpha value is -1.68. The Bertz CT molecular complexity index is 599. The first-order valence-electron chi connectivity index (χ1n) is 7.86. The highest BCUT2D eigenvalue weighted by Crippen LogP contribution is 2.27. The second kappa shape index (κ2) is 7.05. The van der Waals surface area contributed by atoms with Gasteiger partial charge in [-0.3, -0.25) is 4.90 Å². The summed E-state index contributed by atoms with van der Waals surface area (Å²) in [7, 11) is 1.73. The van der Waals surface area contributed by atoms with Crippen LogP contribution in [0, 0.1) is 0 Å². The predicted molar refractivity (Wildman–Crippen MR) is 89.6 cm³/mol. The number of hydrogen-bond donors (Lipinski definition) is 1. The van der Waals surface area contributed by atoms with Gasteiger partial charge in [0.15, 0.2) is 0 Å². The first-order valence-corrected chi connectivity index (χ1v) is 7.86. The summed E-state index contributed by atoms with van der Waals surface area (Å²) in [5, 5.41) is 0. The predicted octanol–water partition coefficient (Wildman–Crippen LogP) is 2.76. The Balaban J connectivity index is 1.66. The maximum absolute atomic E-state index is 6.37. The zero-order valence-electron chi connectivity index (χ0n) is 13.1. The Morgan fingerprint density at radius 2 is 1.82 bits per heavy atom. The van der Waals surface area contributed by atoms with Crippen molar-refractivity contribution in [3.05, 3.63) is 71.3 Å². The minimum atomic E-state index is 0.213. The summed E-state index contributed by atoms with van der Waals surface area (Å²) in [4.78, 5) is 2.45. The number of nitrogens with zero attached hydrogens (tertiary/aromatic N) is 1. The van der Waals surface area contributed by atoms with E-state index in [4.69, 9.17) is 10.5 Å². The van der Waals surface area contributed by atoms with E-state index in [1.165, 1.54) is 16.7 Å². The smallest absolute Gasteiger partial charge is 0.0713 e. The largest absolute Gasteiger partial charge is 0.380 e. The molecule has 0 spiro atoms. The molecule has 0 unspecified atom stereocenters. The molecule has 1 saturated heterocycles. The number of ether oxygens (including phenoxy) is 1. The van der Waals surface area contributed by atoms with Crippen molar-refractivity contribution in [3.63, 3.8) is 0 Å². The molecule has 1 aliphatic rings. The molecule has 116 valence electrons. The second-order valence-electron chi connectivity index (χ2n) is 6.13. The van der Waals surface area contributed by atoms with Gasteiger partial charge in [0, 0.05) is 38.7 Å². The van der Waals surface area contributed by atoms with Gasteiger partial charge >= 0.3 is 0 Å². The Labute approximate surface area is 132 Å². The van der Waals surface area contributed by atoms with E-state index in [2.05, 4.69) is 59.5 Å². The summed E-state index contributed by atoms with van der Waals surface area (Å²) < 4.78 is 5.21. The van der Waals surface area contributed by atoms with Crippen molar-refractivity contribution in [3.8, 4) is 0 Å². The summed E-state index contributed by atoms with van der Waals surface area (Å²) in [6.45, 7) is 3.60. The minimum Gasteiger partial charge on any atom is -0.380 e. The molecule has 2 N–H and O–H groups in total. The summed E-state index contributed by atoms with van der Waals surface area (Å²) in [6, 6.07) is 19.5. The molecule has 1 aliphatic heterocycles. The van der Waals surface area contributed by atoms with Gasteiger partial charge in [-0.05, 0) is 16.7 Å². The van der Waals surface area contributed by atoms with Crippen LogP contribution in [-0.4, -0.2) is 31.1 Å². The molecule has 1 heterocycles. The van der Waals surface area contributed by atoms with Gasteiger partial charge < -0.3 is 10.5 Å². The van der Waals surface area contributed by atoms with E-state index in [0.717, 1.165) is 19.6 Å². The molecule has 0 saturated carbocycles. The lowest BCUT2D eigenvalue weighted by Crippen LogP contribution is -2.28. The lowest BCUT2D eigenvalue weighted by atomic mass is 9.95. The van der Waals surface area contributed by atoms with E-state index in [1.54, 1.807) is 7.11 Å². The molecule has 2 aromatic carbocycles. The zero-order chi connectivity index (χ0) is 15.4. The van der Waals surface area contributed by atoms with Crippen molar-refractivity contribution in [2.24, 2.45) is 5.73 Å².